The van der Waals surface area contributed by atoms with E-state index in [9.17, 15) is 14.9 Å². The second kappa shape index (κ2) is 4.65. The number of ketones is 1. The zero-order valence-electron chi connectivity index (χ0n) is 10.2. The Bertz CT molecular complexity index is 694. The largest absolute Gasteiger partial charge is 0.454 e. The summed E-state index contributed by atoms with van der Waals surface area (Å²) in [7, 11) is 0. The van der Waals surface area contributed by atoms with Gasteiger partial charge in [-0.1, -0.05) is 0 Å². The first-order valence-electron chi connectivity index (χ1n) is 5.72. The third kappa shape index (κ3) is 2.18. The smallest absolute Gasteiger partial charge is 0.381 e. The van der Waals surface area contributed by atoms with E-state index in [2.05, 4.69) is 4.98 Å². The van der Waals surface area contributed by atoms with Gasteiger partial charge >= 0.3 is 5.82 Å². The maximum Gasteiger partial charge on any atom is 0.381 e. The van der Waals surface area contributed by atoms with Crippen molar-refractivity contribution in [1.82, 2.24) is 9.55 Å². The molecule has 0 aliphatic carbocycles. The van der Waals surface area contributed by atoms with Crippen LogP contribution in [-0.4, -0.2) is 27.1 Å². The molecule has 1 aromatic heterocycles. The first-order chi connectivity index (χ1) is 9.63. The fourth-order valence-electron chi connectivity index (χ4n) is 1.86. The Hall–Kier alpha value is -2.90. The molecule has 0 spiro atoms. The third-order valence-corrected chi connectivity index (χ3v) is 2.83. The number of fused-ring (bicyclic) bond motifs is 1. The Kier molecular flexibility index (Phi) is 2.82. The number of aromatic nitrogens is 2. The van der Waals surface area contributed by atoms with Gasteiger partial charge in [-0.2, -0.15) is 0 Å². The van der Waals surface area contributed by atoms with Gasteiger partial charge in [0, 0.05) is 5.56 Å². The fourth-order valence-corrected chi connectivity index (χ4v) is 1.86. The average molecular weight is 275 g/mol. The highest BCUT2D eigenvalue weighted by molar-refractivity contribution is 5.96. The van der Waals surface area contributed by atoms with Crippen LogP contribution < -0.4 is 9.47 Å². The summed E-state index contributed by atoms with van der Waals surface area (Å²) in [6.45, 7) is 0.112. The number of hydrogen-bond donors (Lipinski definition) is 0. The zero-order valence-corrected chi connectivity index (χ0v) is 10.2. The van der Waals surface area contributed by atoms with Gasteiger partial charge in [-0.05, 0) is 28.1 Å². The Morgan fingerprint density at radius 3 is 2.95 bits per heavy atom. The second-order valence-corrected chi connectivity index (χ2v) is 4.15. The summed E-state index contributed by atoms with van der Waals surface area (Å²) >= 11 is 0. The lowest BCUT2D eigenvalue weighted by molar-refractivity contribution is -0.389. The van der Waals surface area contributed by atoms with Crippen LogP contribution >= 0.6 is 0 Å². The lowest BCUT2D eigenvalue weighted by atomic mass is 10.1. The van der Waals surface area contributed by atoms with Crippen molar-refractivity contribution < 1.29 is 19.2 Å². The van der Waals surface area contributed by atoms with Gasteiger partial charge in [0.2, 0.25) is 13.1 Å². The van der Waals surface area contributed by atoms with Crippen LogP contribution in [0.5, 0.6) is 11.5 Å². The van der Waals surface area contributed by atoms with Gasteiger partial charge in [0.25, 0.3) is 0 Å². The van der Waals surface area contributed by atoms with Crippen LogP contribution in [0.25, 0.3) is 0 Å². The number of rotatable bonds is 4. The van der Waals surface area contributed by atoms with Crippen molar-refractivity contribution in [2.45, 2.75) is 6.54 Å². The average Bonchev–Trinajstić information content (AvgIpc) is 3.05. The second-order valence-electron chi connectivity index (χ2n) is 4.15. The number of benzene rings is 1. The normalized spacial score (nSPS) is 12.4. The number of carbonyl (C=O) groups is 1. The van der Waals surface area contributed by atoms with Crippen LogP contribution in [0.3, 0.4) is 0 Å². The molecule has 20 heavy (non-hydrogen) atoms. The number of hydrogen-bond acceptors (Lipinski definition) is 6. The van der Waals surface area contributed by atoms with Crippen LogP contribution in [0.4, 0.5) is 5.82 Å². The van der Waals surface area contributed by atoms with E-state index in [1.54, 1.807) is 18.2 Å². The monoisotopic (exact) mass is 275 g/mol. The summed E-state index contributed by atoms with van der Waals surface area (Å²) in [6.07, 6.45) is 2.47. The molecule has 2 aromatic rings. The predicted octanol–water partition coefficient (Wildman–Crippen LogP) is 1.40. The molecule has 0 fully saturated rings. The van der Waals surface area contributed by atoms with Gasteiger partial charge in [-0.3, -0.25) is 4.79 Å². The van der Waals surface area contributed by atoms with E-state index in [1.165, 1.54) is 17.1 Å². The summed E-state index contributed by atoms with van der Waals surface area (Å²) in [5.74, 6) is 0.631. The van der Waals surface area contributed by atoms with Gasteiger partial charge in [0.05, 0.1) is 6.54 Å². The molecule has 8 heteroatoms. The van der Waals surface area contributed by atoms with Gasteiger partial charge in [-0.25, -0.2) is 0 Å². The molecular formula is C12H9N3O5. The van der Waals surface area contributed by atoms with Crippen LogP contribution in [0.1, 0.15) is 10.4 Å². The molecule has 1 aliphatic heterocycles. The fraction of sp³-hybridized carbons (Fsp3) is 0.167. The van der Waals surface area contributed by atoms with Crippen LogP contribution in [0.15, 0.2) is 30.7 Å². The highest BCUT2D eigenvalue weighted by Crippen LogP contribution is 2.32. The van der Waals surface area contributed by atoms with Crippen molar-refractivity contribution in [1.29, 1.82) is 0 Å². The molecule has 2 heterocycles. The highest BCUT2D eigenvalue weighted by Gasteiger charge is 2.17. The van der Waals surface area contributed by atoms with Gasteiger partial charge in [0.15, 0.2) is 17.3 Å². The van der Waals surface area contributed by atoms with Crippen molar-refractivity contribution in [3.05, 3.63) is 46.4 Å². The maximum absolute atomic E-state index is 12.1. The van der Waals surface area contributed by atoms with E-state index >= 15 is 0 Å². The zero-order chi connectivity index (χ0) is 14.1. The number of nitro groups is 1. The molecule has 3 rings (SSSR count). The number of ether oxygens (including phenoxy) is 2. The van der Waals surface area contributed by atoms with Crippen LogP contribution in [0.2, 0.25) is 0 Å². The van der Waals surface area contributed by atoms with E-state index < -0.39 is 4.92 Å². The number of carbonyl (C=O) groups excluding carboxylic acids is 1. The van der Waals surface area contributed by atoms with Crippen molar-refractivity contribution in [3.8, 4) is 11.5 Å². The summed E-state index contributed by atoms with van der Waals surface area (Å²) < 4.78 is 11.7. The van der Waals surface area contributed by atoms with Crippen molar-refractivity contribution in [3.63, 3.8) is 0 Å². The molecule has 0 amide bonds. The summed E-state index contributed by atoms with van der Waals surface area (Å²) in [4.78, 5) is 25.6. The standard InChI is InChI=1S/C12H9N3O5/c16-9(4-14-5-12(13-6-14)15(17)18)8-1-2-10-11(3-8)20-7-19-10/h1-3,5-6H,4,7H2. The summed E-state index contributed by atoms with van der Waals surface area (Å²) in [5.41, 5.74) is 0.450. The molecule has 8 nitrogen and oxygen atoms in total. The molecule has 0 atom stereocenters. The summed E-state index contributed by atoms with van der Waals surface area (Å²) in [5, 5.41) is 10.5. The van der Waals surface area contributed by atoms with E-state index in [-0.39, 0.29) is 24.9 Å². The quantitative estimate of drug-likeness (QED) is 0.475. The molecule has 0 bridgehead atoms. The minimum Gasteiger partial charge on any atom is -0.454 e. The van der Waals surface area contributed by atoms with Gasteiger partial charge in [0.1, 0.15) is 6.20 Å². The van der Waals surface area contributed by atoms with Crippen LogP contribution in [0, 0.1) is 10.1 Å². The van der Waals surface area contributed by atoms with E-state index in [1.807, 2.05) is 0 Å². The first-order valence-corrected chi connectivity index (χ1v) is 5.72. The number of Topliss-reactive ketones (excluding diaryl/α,β-unsaturated/α-hetero) is 1. The maximum atomic E-state index is 12.1. The van der Waals surface area contributed by atoms with E-state index in [0.717, 1.165) is 0 Å². The molecule has 0 radical (unpaired) electrons. The number of nitrogens with zero attached hydrogens (tertiary/aromatic N) is 3. The molecule has 1 aliphatic rings. The minimum absolute atomic E-state index is 0.0273. The summed E-state index contributed by atoms with van der Waals surface area (Å²) in [6, 6.07) is 4.88. The Labute approximate surface area is 112 Å². The molecule has 102 valence electrons. The minimum atomic E-state index is -0.610. The lowest BCUT2D eigenvalue weighted by Crippen LogP contribution is -2.08. The van der Waals surface area contributed by atoms with E-state index in [4.69, 9.17) is 9.47 Å². The van der Waals surface area contributed by atoms with Gasteiger partial charge in [-0.15, -0.1) is 0 Å². The predicted molar refractivity (Wildman–Crippen MR) is 65.8 cm³/mol. The van der Waals surface area contributed by atoms with Gasteiger partial charge < -0.3 is 24.2 Å². The molecule has 0 saturated heterocycles. The molecule has 0 saturated carbocycles. The van der Waals surface area contributed by atoms with Crippen molar-refractivity contribution in [2.24, 2.45) is 0 Å². The molecular weight excluding hydrogens is 266 g/mol. The van der Waals surface area contributed by atoms with Crippen molar-refractivity contribution in [2.75, 3.05) is 6.79 Å². The van der Waals surface area contributed by atoms with E-state index in [0.29, 0.717) is 17.1 Å². The third-order valence-electron chi connectivity index (χ3n) is 2.83. The first kappa shape index (κ1) is 12.2. The Balaban J connectivity index is 1.77. The SMILES string of the molecule is O=C(Cn1cnc([N+](=O)[O-])c1)c1ccc2c(c1)OCO2. The Morgan fingerprint density at radius 2 is 2.20 bits per heavy atom. The molecule has 0 unspecified atom stereocenters. The lowest BCUT2D eigenvalue weighted by Gasteiger charge is -2.02. The van der Waals surface area contributed by atoms with Crippen LogP contribution in [-0.2, 0) is 6.54 Å². The molecule has 0 N–H and O–H groups in total. The topological polar surface area (TPSA) is 96.5 Å². The number of imidazole rings is 1. The molecule has 1 aromatic carbocycles. The van der Waals surface area contributed by atoms with Crippen molar-refractivity contribution >= 4 is 11.6 Å². The highest BCUT2D eigenvalue weighted by atomic mass is 16.7. The Morgan fingerprint density at radius 1 is 1.40 bits per heavy atom.